The van der Waals surface area contributed by atoms with Crippen LogP contribution < -0.4 is 0 Å². The fraction of sp³-hybridized carbons (Fsp3) is 0.556. The molecule has 140 valence electrons. The van der Waals surface area contributed by atoms with Crippen LogP contribution in [-0.2, 0) is 16.1 Å². The molecule has 0 radical (unpaired) electrons. The molecule has 0 unspecified atom stereocenters. The monoisotopic (exact) mass is 376 g/mol. The molecule has 0 atom stereocenters. The predicted molar refractivity (Wildman–Crippen MR) is 98.9 cm³/mol. The van der Waals surface area contributed by atoms with Crippen molar-refractivity contribution in [3.05, 3.63) is 29.5 Å². The van der Waals surface area contributed by atoms with Crippen LogP contribution in [0.15, 0.2) is 28.2 Å². The zero-order valence-corrected chi connectivity index (χ0v) is 15.6. The van der Waals surface area contributed by atoms with Crippen LogP contribution in [0.1, 0.15) is 5.69 Å². The van der Waals surface area contributed by atoms with Gasteiger partial charge in [-0.3, -0.25) is 14.6 Å². The lowest BCUT2D eigenvalue weighted by Crippen LogP contribution is -2.52. The largest absolute Gasteiger partial charge is 0.444 e. The molecule has 2 aromatic heterocycles. The van der Waals surface area contributed by atoms with Gasteiger partial charge >= 0.3 is 0 Å². The Hall–Kier alpha value is -1.74. The molecular formula is C18H24N4O3S. The number of oxazole rings is 1. The minimum atomic E-state index is 0.230. The molecule has 0 aromatic carbocycles. The maximum absolute atomic E-state index is 12.5. The Kier molecular flexibility index (Phi) is 5.64. The van der Waals surface area contributed by atoms with Crippen LogP contribution in [-0.4, -0.2) is 84.6 Å². The van der Waals surface area contributed by atoms with Crippen LogP contribution in [0.2, 0.25) is 0 Å². The number of hydrogen-bond acceptors (Lipinski definition) is 7. The number of rotatable bonds is 5. The number of carbonyl (C=O) groups is 1. The van der Waals surface area contributed by atoms with E-state index in [0.29, 0.717) is 12.4 Å². The summed E-state index contributed by atoms with van der Waals surface area (Å²) in [5.74, 6) is 0.919. The van der Waals surface area contributed by atoms with E-state index in [2.05, 4.69) is 14.8 Å². The zero-order valence-electron chi connectivity index (χ0n) is 14.8. The van der Waals surface area contributed by atoms with E-state index in [1.54, 1.807) is 17.6 Å². The van der Waals surface area contributed by atoms with Crippen molar-refractivity contribution in [1.82, 2.24) is 19.7 Å². The van der Waals surface area contributed by atoms with Gasteiger partial charge in [0.05, 0.1) is 30.3 Å². The maximum atomic E-state index is 12.5. The molecule has 2 aromatic rings. The second kappa shape index (κ2) is 8.30. The molecule has 0 aliphatic carbocycles. The molecule has 4 rings (SSSR count). The Morgan fingerprint density at radius 1 is 1.12 bits per heavy atom. The number of carbonyl (C=O) groups excluding carboxylic acids is 1. The van der Waals surface area contributed by atoms with Gasteiger partial charge in [-0.2, -0.15) is 0 Å². The summed E-state index contributed by atoms with van der Waals surface area (Å²) in [6.45, 7) is 7.73. The lowest BCUT2D eigenvalue weighted by atomic mass is 10.2. The quantitative estimate of drug-likeness (QED) is 0.786. The number of piperazine rings is 1. The van der Waals surface area contributed by atoms with Gasteiger partial charge in [-0.1, -0.05) is 6.07 Å². The number of thiophene rings is 1. The Bertz CT molecular complexity index is 704. The van der Waals surface area contributed by atoms with Gasteiger partial charge in [-0.05, 0) is 11.4 Å². The number of nitrogens with zero attached hydrogens (tertiary/aromatic N) is 4. The fourth-order valence-electron chi connectivity index (χ4n) is 3.33. The minimum absolute atomic E-state index is 0.230. The van der Waals surface area contributed by atoms with E-state index in [1.165, 1.54) is 0 Å². The second-order valence-electron chi connectivity index (χ2n) is 6.67. The van der Waals surface area contributed by atoms with E-state index in [0.717, 1.165) is 69.6 Å². The Morgan fingerprint density at radius 2 is 1.92 bits per heavy atom. The average molecular weight is 376 g/mol. The molecule has 8 heteroatoms. The molecule has 0 bridgehead atoms. The molecular weight excluding hydrogens is 352 g/mol. The SMILES string of the molecule is O=C(CN1CCOCC1)N1CCN(Cc2coc(-c3cccs3)n2)CC1. The van der Waals surface area contributed by atoms with Crippen molar-refractivity contribution in [2.75, 3.05) is 59.0 Å². The van der Waals surface area contributed by atoms with Crippen molar-refractivity contribution in [2.24, 2.45) is 0 Å². The van der Waals surface area contributed by atoms with Gasteiger partial charge in [-0.25, -0.2) is 4.98 Å². The summed E-state index contributed by atoms with van der Waals surface area (Å²) >= 11 is 1.63. The summed E-state index contributed by atoms with van der Waals surface area (Å²) in [6.07, 6.45) is 1.74. The number of aromatic nitrogens is 1. The lowest BCUT2D eigenvalue weighted by Gasteiger charge is -2.36. The summed E-state index contributed by atoms with van der Waals surface area (Å²) in [4.78, 5) is 24.6. The normalized spacial score (nSPS) is 19.8. The number of hydrogen-bond donors (Lipinski definition) is 0. The maximum Gasteiger partial charge on any atom is 0.236 e. The van der Waals surface area contributed by atoms with Crippen molar-refractivity contribution >= 4 is 17.2 Å². The third kappa shape index (κ3) is 4.32. The van der Waals surface area contributed by atoms with E-state index in [-0.39, 0.29) is 5.91 Å². The molecule has 7 nitrogen and oxygen atoms in total. The van der Waals surface area contributed by atoms with Crippen LogP contribution >= 0.6 is 11.3 Å². The molecule has 2 aliphatic heterocycles. The van der Waals surface area contributed by atoms with Gasteiger partial charge in [0.15, 0.2) is 0 Å². The van der Waals surface area contributed by atoms with Crippen LogP contribution in [0, 0.1) is 0 Å². The fourth-order valence-corrected chi connectivity index (χ4v) is 3.98. The molecule has 26 heavy (non-hydrogen) atoms. The van der Waals surface area contributed by atoms with E-state index in [9.17, 15) is 4.79 Å². The summed E-state index contributed by atoms with van der Waals surface area (Å²) in [5, 5.41) is 2.02. The van der Waals surface area contributed by atoms with Crippen molar-refractivity contribution in [3.63, 3.8) is 0 Å². The first-order chi connectivity index (χ1) is 12.8. The van der Waals surface area contributed by atoms with Gasteiger partial charge in [0.25, 0.3) is 0 Å². The van der Waals surface area contributed by atoms with E-state index >= 15 is 0 Å². The van der Waals surface area contributed by atoms with Gasteiger partial charge in [-0.15, -0.1) is 11.3 Å². The molecule has 2 fully saturated rings. The van der Waals surface area contributed by atoms with E-state index in [1.807, 2.05) is 22.4 Å². The number of morpholine rings is 1. The smallest absolute Gasteiger partial charge is 0.236 e. The van der Waals surface area contributed by atoms with Crippen LogP contribution in [0.4, 0.5) is 0 Å². The molecule has 2 aliphatic rings. The topological polar surface area (TPSA) is 62.1 Å². The molecule has 0 saturated carbocycles. The van der Waals surface area contributed by atoms with Crippen LogP contribution in [0.3, 0.4) is 0 Å². The number of ether oxygens (including phenoxy) is 1. The van der Waals surface area contributed by atoms with Crippen molar-refractivity contribution in [1.29, 1.82) is 0 Å². The first-order valence-electron chi connectivity index (χ1n) is 9.06. The highest BCUT2D eigenvalue weighted by molar-refractivity contribution is 7.13. The summed E-state index contributed by atoms with van der Waals surface area (Å²) < 4.78 is 10.9. The Labute approximate surface area is 157 Å². The zero-order chi connectivity index (χ0) is 17.8. The average Bonchev–Trinajstić information content (AvgIpc) is 3.35. The number of amides is 1. The third-order valence-electron chi connectivity index (χ3n) is 4.86. The lowest BCUT2D eigenvalue weighted by molar-refractivity contribution is -0.135. The third-order valence-corrected chi connectivity index (χ3v) is 5.71. The standard InChI is InChI=1S/C18H24N4O3S/c23-17(13-21-7-9-24-10-8-21)22-5-3-20(4-6-22)12-15-14-25-18(19-15)16-2-1-11-26-16/h1-2,11,14H,3-10,12-13H2. The van der Waals surface area contributed by atoms with Crippen molar-refractivity contribution in [2.45, 2.75) is 6.54 Å². The predicted octanol–water partition coefficient (Wildman–Crippen LogP) is 1.38. The van der Waals surface area contributed by atoms with Crippen LogP contribution in [0.25, 0.3) is 10.8 Å². The molecule has 4 heterocycles. The van der Waals surface area contributed by atoms with Crippen molar-refractivity contribution in [3.8, 4) is 10.8 Å². The molecule has 0 spiro atoms. The first kappa shape index (κ1) is 17.7. The Balaban J connectivity index is 1.24. The van der Waals surface area contributed by atoms with Gasteiger partial charge in [0.2, 0.25) is 11.8 Å². The van der Waals surface area contributed by atoms with Crippen LogP contribution in [0.5, 0.6) is 0 Å². The minimum Gasteiger partial charge on any atom is -0.444 e. The molecule has 0 N–H and O–H groups in total. The highest BCUT2D eigenvalue weighted by Crippen LogP contribution is 2.24. The van der Waals surface area contributed by atoms with Gasteiger partial charge in [0.1, 0.15) is 6.26 Å². The summed E-state index contributed by atoms with van der Waals surface area (Å²) in [6, 6.07) is 4.01. The van der Waals surface area contributed by atoms with Gasteiger partial charge < -0.3 is 14.1 Å². The second-order valence-corrected chi connectivity index (χ2v) is 7.61. The highest BCUT2D eigenvalue weighted by Gasteiger charge is 2.24. The molecule has 2 saturated heterocycles. The summed E-state index contributed by atoms with van der Waals surface area (Å²) in [5.41, 5.74) is 0.946. The van der Waals surface area contributed by atoms with Gasteiger partial charge in [0, 0.05) is 45.8 Å². The Morgan fingerprint density at radius 3 is 2.65 bits per heavy atom. The van der Waals surface area contributed by atoms with E-state index < -0.39 is 0 Å². The molecule has 1 amide bonds. The van der Waals surface area contributed by atoms with E-state index in [4.69, 9.17) is 9.15 Å². The highest BCUT2D eigenvalue weighted by atomic mass is 32.1. The van der Waals surface area contributed by atoms with Crippen molar-refractivity contribution < 1.29 is 13.9 Å². The summed E-state index contributed by atoms with van der Waals surface area (Å²) in [7, 11) is 0. The first-order valence-corrected chi connectivity index (χ1v) is 9.94.